The third-order valence-electron chi connectivity index (χ3n) is 3.78. The van der Waals surface area contributed by atoms with Gasteiger partial charge in [0.1, 0.15) is 11.9 Å². The molecule has 2 rings (SSSR count). The van der Waals surface area contributed by atoms with Gasteiger partial charge < -0.3 is 15.2 Å². The number of nitro benzene ring substituents is 1. The van der Waals surface area contributed by atoms with E-state index in [1.165, 1.54) is 13.2 Å². The number of ether oxygens (including phenoxy) is 2. The highest BCUT2D eigenvalue weighted by atomic mass is 16.6. The minimum Gasteiger partial charge on any atom is -0.496 e. The van der Waals surface area contributed by atoms with Gasteiger partial charge >= 0.3 is 5.69 Å². The van der Waals surface area contributed by atoms with Crippen molar-refractivity contribution in [2.24, 2.45) is 11.7 Å². The summed E-state index contributed by atoms with van der Waals surface area (Å²) in [6.45, 7) is 0.550. The number of nitrogens with zero attached hydrogens (tertiary/aromatic N) is 1. The number of nitrogens with two attached hydrogens (primary N) is 1. The molecule has 2 unspecified atom stereocenters. The molecule has 6 nitrogen and oxygen atoms in total. The van der Waals surface area contributed by atoms with Gasteiger partial charge in [0.05, 0.1) is 18.1 Å². The highest BCUT2D eigenvalue weighted by Gasteiger charge is 2.28. The molecule has 1 aromatic carbocycles. The Morgan fingerprint density at radius 1 is 1.40 bits per heavy atom. The van der Waals surface area contributed by atoms with Gasteiger partial charge in [0.2, 0.25) is 0 Å². The van der Waals surface area contributed by atoms with Gasteiger partial charge in [-0.05, 0) is 37.9 Å². The zero-order valence-corrected chi connectivity index (χ0v) is 11.6. The number of nitro groups is 1. The van der Waals surface area contributed by atoms with Gasteiger partial charge in [0.25, 0.3) is 0 Å². The number of hydrogen-bond donors (Lipinski definition) is 1. The zero-order valence-electron chi connectivity index (χ0n) is 11.6. The van der Waals surface area contributed by atoms with Crippen LogP contribution in [0.2, 0.25) is 0 Å². The molecule has 2 atom stereocenters. The molecule has 20 heavy (non-hydrogen) atoms. The maximum atomic E-state index is 11.1. The van der Waals surface area contributed by atoms with Crippen molar-refractivity contribution < 1.29 is 14.4 Å². The van der Waals surface area contributed by atoms with Crippen LogP contribution in [-0.4, -0.2) is 24.7 Å². The van der Waals surface area contributed by atoms with E-state index in [1.807, 2.05) is 0 Å². The zero-order chi connectivity index (χ0) is 14.5. The predicted molar refractivity (Wildman–Crippen MR) is 75.1 cm³/mol. The number of benzene rings is 1. The van der Waals surface area contributed by atoms with Crippen LogP contribution in [0.5, 0.6) is 11.5 Å². The number of rotatable bonds is 5. The standard InChI is InChI=1S/C14H20N2O4/c1-19-11-6-7-14(12(8-11)16(17)18)20-13-5-3-2-4-10(13)9-15/h6-8,10,13H,2-5,9,15H2,1H3. The van der Waals surface area contributed by atoms with Crippen LogP contribution in [0.25, 0.3) is 0 Å². The van der Waals surface area contributed by atoms with E-state index in [9.17, 15) is 10.1 Å². The third-order valence-corrected chi connectivity index (χ3v) is 3.78. The van der Waals surface area contributed by atoms with Crippen molar-refractivity contribution in [3.8, 4) is 11.5 Å². The highest BCUT2D eigenvalue weighted by Crippen LogP contribution is 2.35. The Balaban J connectivity index is 2.21. The Morgan fingerprint density at radius 2 is 2.15 bits per heavy atom. The fourth-order valence-electron chi connectivity index (χ4n) is 2.63. The van der Waals surface area contributed by atoms with E-state index in [1.54, 1.807) is 12.1 Å². The van der Waals surface area contributed by atoms with E-state index in [-0.39, 0.29) is 17.7 Å². The van der Waals surface area contributed by atoms with Crippen LogP contribution in [0.1, 0.15) is 25.7 Å². The molecule has 1 saturated carbocycles. The summed E-state index contributed by atoms with van der Waals surface area (Å²) in [5.74, 6) is 1.01. The second-order valence-electron chi connectivity index (χ2n) is 5.03. The molecule has 0 saturated heterocycles. The van der Waals surface area contributed by atoms with E-state index in [0.29, 0.717) is 18.0 Å². The molecule has 0 bridgehead atoms. The number of hydrogen-bond acceptors (Lipinski definition) is 5. The molecule has 0 radical (unpaired) electrons. The van der Waals surface area contributed by atoms with Crippen molar-refractivity contribution in [2.45, 2.75) is 31.8 Å². The third kappa shape index (κ3) is 3.19. The molecule has 0 aliphatic heterocycles. The molecule has 0 aromatic heterocycles. The summed E-state index contributed by atoms with van der Waals surface area (Å²) in [4.78, 5) is 10.7. The topological polar surface area (TPSA) is 87.6 Å². The van der Waals surface area contributed by atoms with Gasteiger partial charge in [-0.1, -0.05) is 6.42 Å². The van der Waals surface area contributed by atoms with Crippen molar-refractivity contribution in [3.05, 3.63) is 28.3 Å². The fourth-order valence-corrected chi connectivity index (χ4v) is 2.63. The Bertz CT molecular complexity index is 478. The summed E-state index contributed by atoms with van der Waals surface area (Å²) in [5.41, 5.74) is 5.69. The van der Waals surface area contributed by atoms with Crippen molar-refractivity contribution in [3.63, 3.8) is 0 Å². The summed E-state index contributed by atoms with van der Waals surface area (Å²) >= 11 is 0. The van der Waals surface area contributed by atoms with E-state index < -0.39 is 4.92 Å². The molecule has 6 heteroatoms. The molecule has 0 heterocycles. The quantitative estimate of drug-likeness (QED) is 0.661. The van der Waals surface area contributed by atoms with E-state index in [2.05, 4.69) is 0 Å². The minimum absolute atomic E-state index is 0.0409. The molecule has 0 spiro atoms. The minimum atomic E-state index is -0.446. The first-order valence-corrected chi connectivity index (χ1v) is 6.85. The second kappa shape index (κ2) is 6.56. The van der Waals surface area contributed by atoms with Gasteiger partial charge in [-0.15, -0.1) is 0 Å². The summed E-state index contributed by atoms with van der Waals surface area (Å²) in [6.07, 6.45) is 4.09. The van der Waals surface area contributed by atoms with Crippen LogP contribution < -0.4 is 15.2 Å². The van der Waals surface area contributed by atoms with Crippen LogP contribution in [0.3, 0.4) is 0 Å². The van der Waals surface area contributed by atoms with Crippen LogP contribution in [-0.2, 0) is 0 Å². The van der Waals surface area contributed by atoms with Crippen LogP contribution in [0.4, 0.5) is 5.69 Å². The molecule has 1 aromatic rings. The molecule has 1 aliphatic rings. The average molecular weight is 280 g/mol. The van der Waals surface area contributed by atoms with Crippen molar-refractivity contribution >= 4 is 5.69 Å². The van der Waals surface area contributed by atoms with E-state index in [0.717, 1.165) is 25.7 Å². The first-order chi connectivity index (χ1) is 9.65. The average Bonchev–Trinajstić information content (AvgIpc) is 2.48. The largest absolute Gasteiger partial charge is 0.496 e. The monoisotopic (exact) mass is 280 g/mol. The Hall–Kier alpha value is -1.82. The normalized spacial score (nSPS) is 22.3. The van der Waals surface area contributed by atoms with Crippen LogP contribution in [0, 0.1) is 16.0 Å². The highest BCUT2D eigenvalue weighted by molar-refractivity contribution is 5.51. The lowest BCUT2D eigenvalue weighted by Crippen LogP contribution is -2.35. The van der Waals surface area contributed by atoms with Crippen molar-refractivity contribution in [1.29, 1.82) is 0 Å². The first kappa shape index (κ1) is 14.6. The van der Waals surface area contributed by atoms with Crippen LogP contribution in [0.15, 0.2) is 18.2 Å². The van der Waals surface area contributed by atoms with E-state index >= 15 is 0 Å². The molecular weight excluding hydrogens is 260 g/mol. The lowest BCUT2D eigenvalue weighted by molar-refractivity contribution is -0.386. The first-order valence-electron chi connectivity index (χ1n) is 6.85. The fraction of sp³-hybridized carbons (Fsp3) is 0.571. The second-order valence-corrected chi connectivity index (χ2v) is 5.03. The number of methoxy groups -OCH3 is 1. The smallest absolute Gasteiger partial charge is 0.314 e. The summed E-state index contributed by atoms with van der Waals surface area (Å²) in [5, 5.41) is 11.1. The van der Waals surface area contributed by atoms with Crippen molar-refractivity contribution in [1.82, 2.24) is 0 Å². The molecule has 0 amide bonds. The van der Waals surface area contributed by atoms with Crippen LogP contribution >= 0.6 is 0 Å². The van der Waals surface area contributed by atoms with Gasteiger partial charge in [-0.3, -0.25) is 10.1 Å². The molecule has 2 N–H and O–H groups in total. The van der Waals surface area contributed by atoms with Gasteiger partial charge in [0.15, 0.2) is 5.75 Å². The molecular formula is C14H20N2O4. The van der Waals surface area contributed by atoms with Crippen molar-refractivity contribution in [2.75, 3.05) is 13.7 Å². The lowest BCUT2D eigenvalue weighted by Gasteiger charge is -2.30. The van der Waals surface area contributed by atoms with Gasteiger partial charge in [-0.2, -0.15) is 0 Å². The molecule has 1 aliphatic carbocycles. The summed E-state index contributed by atoms with van der Waals surface area (Å²) in [7, 11) is 1.48. The van der Waals surface area contributed by atoms with Gasteiger partial charge in [-0.25, -0.2) is 0 Å². The summed E-state index contributed by atoms with van der Waals surface area (Å²) in [6, 6.07) is 4.65. The maximum absolute atomic E-state index is 11.1. The van der Waals surface area contributed by atoms with E-state index in [4.69, 9.17) is 15.2 Å². The SMILES string of the molecule is COc1ccc(OC2CCCCC2CN)c([N+](=O)[O-])c1. The molecule has 1 fully saturated rings. The Labute approximate surface area is 118 Å². The van der Waals surface area contributed by atoms with Gasteiger partial charge in [0, 0.05) is 5.92 Å². The lowest BCUT2D eigenvalue weighted by atomic mass is 9.86. The maximum Gasteiger partial charge on any atom is 0.314 e. The Kier molecular flexibility index (Phi) is 4.79. The predicted octanol–water partition coefficient (Wildman–Crippen LogP) is 2.50. The Morgan fingerprint density at radius 3 is 2.80 bits per heavy atom. The molecule has 110 valence electrons. The summed E-state index contributed by atoms with van der Waals surface area (Å²) < 4.78 is 10.9.